The van der Waals surface area contributed by atoms with Gasteiger partial charge in [-0.1, -0.05) is 0 Å². The van der Waals surface area contributed by atoms with E-state index in [0.717, 1.165) is 0 Å². The van der Waals surface area contributed by atoms with Crippen LogP contribution in [0.4, 0.5) is 0 Å². The van der Waals surface area contributed by atoms with Gasteiger partial charge in [0, 0.05) is 26.4 Å². The first-order valence-corrected chi connectivity index (χ1v) is 6.53. The SMILES string of the molecule is CCOC(=O)C(=CC(=CN(C)C)OCC)C(=O)OCC. The molecular weight excluding hydrogens is 262 g/mol. The molecule has 0 bridgehead atoms. The third-order valence-corrected chi connectivity index (χ3v) is 1.97. The van der Waals surface area contributed by atoms with Crippen LogP contribution in [0.15, 0.2) is 23.6 Å². The van der Waals surface area contributed by atoms with Crippen molar-refractivity contribution in [2.45, 2.75) is 20.8 Å². The minimum atomic E-state index is -0.727. The van der Waals surface area contributed by atoms with Gasteiger partial charge in [-0.2, -0.15) is 0 Å². The molecule has 0 aliphatic carbocycles. The Kier molecular flexibility index (Phi) is 8.91. The third-order valence-electron chi connectivity index (χ3n) is 1.97. The Balaban J connectivity index is 5.39. The molecule has 0 aromatic rings. The van der Waals surface area contributed by atoms with Gasteiger partial charge in [-0.05, 0) is 20.8 Å². The Labute approximate surface area is 120 Å². The highest BCUT2D eigenvalue weighted by Crippen LogP contribution is 2.10. The molecule has 6 nitrogen and oxygen atoms in total. The van der Waals surface area contributed by atoms with Crippen LogP contribution in [0.25, 0.3) is 0 Å². The first-order valence-electron chi connectivity index (χ1n) is 6.53. The molecule has 0 aromatic heterocycles. The molecule has 0 saturated heterocycles. The second-order valence-electron chi connectivity index (χ2n) is 3.93. The van der Waals surface area contributed by atoms with E-state index in [4.69, 9.17) is 14.2 Å². The fourth-order valence-corrected chi connectivity index (χ4v) is 1.30. The summed E-state index contributed by atoms with van der Waals surface area (Å²) < 4.78 is 15.1. The zero-order valence-electron chi connectivity index (χ0n) is 12.8. The molecule has 20 heavy (non-hydrogen) atoms. The first-order chi connectivity index (χ1) is 9.46. The van der Waals surface area contributed by atoms with Gasteiger partial charge in [0.05, 0.1) is 19.8 Å². The van der Waals surface area contributed by atoms with Gasteiger partial charge < -0.3 is 19.1 Å². The third kappa shape index (κ3) is 6.82. The van der Waals surface area contributed by atoms with Crippen molar-refractivity contribution in [3.63, 3.8) is 0 Å². The fraction of sp³-hybridized carbons (Fsp3) is 0.571. The van der Waals surface area contributed by atoms with Crippen molar-refractivity contribution in [1.82, 2.24) is 4.90 Å². The van der Waals surface area contributed by atoms with E-state index < -0.39 is 11.9 Å². The minimum Gasteiger partial charge on any atom is -0.492 e. The molecule has 0 unspecified atom stereocenters. The lowest BCUT2D eigenvalue weighted by molar-refractivity contribution is -0.146. The summed E-state index contributed by atoms with van der Waals surface area (Å²) in [6.45, 7) is 5.91. The molecule has 0 N–H and O–H groups in total. The van der Waals surface area contributed by atoms with Crippen molar-refractivity contribution in [2.24, 2.45) is 0 Å². The number of allylic oxidation sites excluding steroid dienone is 1. The van der Waals surface area contributed by atoms with Gasteiger partial charge in [-0.25, -0.2) is 9.59 Å². The molecule has 0 saturated carbocycles. The quantitative estimate of drug-likeness (QED) is 0.168. The van der Waals surface area contributed by atoms with E-state index in [9.17, 15) is 9.59 Å². The Morgan fingerprint density at radius 2 is 1.35 bits per heavy atom. The molecule has 0 radical (unpaired) electrons. The molecule has 6 heteroatoms. The van der Waals surface area contributed by atoms with Crippen molar-refractivity contribution in [3.8, 4) is 0 Å². The minimum absolute atomic E-state index is 0.178. The zero-order valence-corrected chi connectivity index (χ0v) is 12.8. The van der Waals surface area contributed by atoms with Crippen molar-refractivity contribution in [3.05, 3.63) is 23.6 Å². The molecule has 114 valence electrons. The highest BCUT2D eigenvalue weighted by Gasteiger charge is 2.21. The van der Waals surface area contributed by atoms with Gasteiger partial charge in [0.25, 0.3) is 0 Å². The maximum absolute atomic E-state index is 11.8. The standard InChI is InChI=1S/C14H23NO5/c1-6-18-11(10-15(4)5)9-12(13(16)19-7-2)14(17)20-8-3/h9-10H,6-8H2,1-5H3. The van der Waals surface area contributed by atoms with Crippen LogP contribution in [-0.4, -0.2) is 50.8 Å². The van der Waals surface area contributed by atoms with Crippen LogP contribution in [0.1, 0.15) is 20.8 Å². The Bertz CT molecular complexity index is 365. The zero-order chi connectivity index (χ0) is 15.5. The average molecular weight is 285 g/mol. The average Bonchev–Trinajstić information content (AvgIpc) is 2.35. The lowest BCUT2D eigenvalue weighted by Crippen LogP contribution is -2.19. The maximum Gasteiger partial charge on any atom is 0.345 e. The molecule has 0 fully saturated rings. The van der Waals surface area contributed by atoms with E-state index in [1.54, 1.807) is 39.0 Å². The number of hydrogen-bond acceptors (Lipinski definition) is 6. The normalized spacial score (nSPS) is 10.6. The summed E-state index contributed by atoms with van der Waals surface area (Å²) in [6, 6.07) is 0. The Morgan fingerprint density at radius 1 is 0.900 bits per heavy atom. The van der Waals surface area contributed by atoms with E-state index in [1.165, 1.54) is 6.08 Å². The van der Waals surface area contributed by atoms with Crippen LogP contribution in [0, 0.1) is 0 Å². The van der Waals surface area contributed by atoms with Crippen molar-refractivity contribution in [1.29, 1.82) is 0 Å². The lowest BCUT2D eigenvalue weighted by Gasteiger charge is -2.11. The lowest BCUT2D eigenvalue weighted by atomic mass is 10.2. The Morgan fingerprint density at radius 3 is 1.70 bits per heavy atom. The summed E-state index contributed by atoms with van der Waals surface area (Å²) in [5.41, 5.74) is -0.185. The number of hydrogen-bond donors (Lipinski definition) is 0. The smallest absolute Gasteiger partial charge is 0.345 e. The second-order valence-corrected chi connectivity index (χ2v) is 3.93. The summed E-state index contributed by atoms with van der Waals surface area (Å²) in [6.07, 6.45) is 2.99. The highest BCUT2D eigenvalue weighted by atomic mass is 16.6. The summed E-state index contributed by atoms with van der Waals surface area (Å²) in [7, 11) is 3.61. The van der Waals surface area contributed by atoms with E-state index in [1.807, 2.05) is 6.92 Å². The number of rotatable bonds is 8. The van der Waals surface area contributed by atoms with Gasteiger partial charge in [0.2, 0.25) is 0 Å². The highest BCUT2D eigenvalue weighted by molar-refractivity contribution is 6.14. The predicted octanol–water partition coefficient (Wildman–Crippen LogP) is 1.48. The molecule has 0 aliphatic rings. The van der Waals surface area contributed by atoms with Crippen molar-refractivity contribution >= 4 is 11.9 Å². The van der Waals surface area contributed by atoms with E-state index in [-0.39, 0.29) is 18.8 Å². The van der Waals surface area contributed by atoms with Gasteiger partial charge >= 0.3 is 11.9 Å². The number of carbonyl (C=O) groups excluding carboxylic acids is 2. The number of ether oxygens (including phenoxy) is 3. The van der Waals surface area contributed by atoms with Gasteiger partial charge in [0.15, 0.2) is 0 Å². The summed E-state index contributed by atoms with van der Waals surface area (Å²) in [5, 5.41) is 0. The van der Waals surface area contributed by atoms with Gasteiger partial charge in [-0.15, -0.1) is 0 Å². The monoisotopic (exact) mass is 285 g/mol. The molecule has 0 aromatic carbocycles. The molecule has 0 spiro atoms. The van der Waals surface area contributed by atoms with Gasteiger partial charge in [0.1, 0.15) is 11.3 Å². The number of esters is 2. The molecule has 0 aliphatic heterocycles. The van der Waals surface area contributed by atoms with Gasteiger partial charge in [-0.3, -0.25) is 0 Å². The molecule has 0 rings (SSSR count). The van der Waals surface area contributed by atoms with Crippen molar-refractivity contribution in [2.75, 3.05) is 33.9 Å². The second kappa shape index (κ2) is 9.89. The van der Waals surface area contributed by atoms with Crippen LogP contribution in [0.5, 0.6) is 0 Å². The fourth-order valence-electron chi connectivity index (χ4n) is 1.30. The predicted molar refractivity (Wildman–Crippen MR) is 74.7 cm³/mol. The van der Waals surface area contributed by atoms with Crippen LogP contribution < -0.4 is 0 Å². The number of carbonyl (C=O) groups is 2. The van der Waals surface area contributed by atoms with E-state index in [2.05, 4.69) is 0 Å². The molecule has 0 atom stereocenters. The maximum atomic E-state index is 11.8. The van der Waals surface area contributed by atoms with E-state index in [0.29, 0.717) is 12.4 Å². The Hall–Kier alpha value is -1.98. The topological polar surface area (TPSA) is 65.1 Å². The largest absolute Gasteiger partial charge is 0.492 e. The van der Waals surface area contributed by atoms with Crippen LogP contribution >= 0.6 is 0 Å². The molecule has 0 heterocycles. The molecular formula is C14H23NO5. The first kappa shape index (κ1) is 18.0. The van der Waals surface area contributed by atoms with Crippen LogP contribution in [0.3, 0.4) is 0 Å². The summed E-state index contributed by atoms with van der Waals surface area (Å²) in [5.74, 6) is -1.07. The summed E-state index contributed by atoms with van der Waals surface area (Å²) in [4.78, 5) is 25.3. The van der Waals surface area contributed by atoms with Crippen LogP contribution in [0.2, 0.25) is 0 Å². The van der Waals surface area contributed by atoms with E-state index >= 15 is 0 Å². The number of nitrogens with zero attached hydrogens (tertiary/aromatic N) is 1. The van der Waals surface area contributed by atoms with Crippen LogP contribution in [-0.2, 0) is 23.8 Å². The summed E-state index contributed by atoms with van der Waals surface area (Å²) >= 11 is 0. The van der Waals surface area contributed by atoms with Crippen molar-refractivity contribution < 1.29 is 23.8 Å². The molecule has 0 amide bonds.